The van der Waals surface area contributed by atoms with Crippen molar-refractivity contribution in [1.29, 1.82) is 0 Å². The number of hydrogen-bond donors (Lipinski definition) is 1. The van der Waals surface area contributed by atoms with Crippen LogP contribution in [0.15, 0.2) is 34.3 Å². The Balaban J connectivity index is 2.13. The first-order valence-electron chi connectivity index (χ1n) is 5.26. The van der Waals surface area contributed by atoms with Crippen LogP contribution in [0.25, 0.3) is 0 Å². The summed E-state index contributed by atoms with van der Waals surface area (Å²) in [6, 6.07) is 5.42. The first-order valence-corrected chi connectivity index (χ1v) is 6.25. The molecule has 0 aromatic carbocycles. The summed E-state index contributed by atoms with van der Waals surface area (Å²) >= 11 is 1.49. The molecule has 0 unspecified atom stereocenters. The van der Waals surface area contributed by atoms with E-state index >= 15 is 0 Å². The SMILES string of the molecule is Cc1cc(=O)[nH]c(SCc2ncccc2C)n1. The monoisotopic (exact) mass is 247 g/mol. The second kappa shape index (κ2) is 5.14. The van der Waals surface area contributed by atoms with Crippen LogP contribution in [-0.4, -0.2) is 15.0 Å². The second-order valence-corrected chi connectivity index (χ2v) is 4.71. The molecule has 2 rings (SSSR count). The molecule has 2 aromatic heterocycles. The second-order valence-electron chi connectivity index (χ2n) is 3.75. The normalized spacial score (nSPS) is 10.5. The van der Waals surface area contributed by atoms with Gasteiger partial charge in [-0.3, -0.25) is 9.78 Å². The van der Waals surface area contributed by atoms with Crippen molar-refractivity contribution in [3.63, 3.8) is 0 Å². The lowest BCUT2D eigenvalue weighted by atomic mass is 10.2. The van der Waals surface area contributed by atoms with E-state index in [4.69, 9.17) is 0 Å². The van der Waals surface area contributed by atoms with Gasteiger partial charge < -0.3 is 4.98 Å². The zero-order valence-electron chi connectivity index (χ0n) is 9.73. The van der Waals surface area contributed by atoms with Gasteiger partial charge in [0.2, 0.25) is 0 Å². The molecule has 88 valence electrons. The molecule has 0 bridgehead atoms. The molecule has 0 spiro atoms. The molecule has 0 atom stereocenters. The Kier molecular flexibility index (Phi) is 3.58. The molecule has 0 aliphatic carbocycles. The minimum Gasteiger partial charge on any atom is -0.301 e. The van der Waals surface area contributed by atoms with Crippen LogP contribution in [-0.2, 0) is 5.75 Å². The summed E-state index contributed by atoms with van der Waals surface area (Å²) < 4.78 is 0. The predicted molar refractivity (Wildman–Crippen MR) is 68.1 cm³/mol. The van der Waals surface area contributed by atoms with Gasteiger partial charge in [0.05, 0.1) is 5.69 Å². The van der Waals surface area contributed by atoms with Crippen LogP contribution >= 0.6 is 11.8 Å². The van der Waals surface area contributed by atoms with Crippen LogP contribution in [0, 0.1) is 13.8 Å². The maximum Gasteiger partial charge on any atom is 0.251 e. The van der Waals surface area contributed by atoms with Gasteiger partial charge >= 0.3 is 0 Å². The highest BCUT2D eigenvalue weighted by atomic mass is 32.2. The van der Waals surface area contributed by atoms with Gasteiger partial charge in [0, 0.05) is 23.7 Å². The number of rotatable bonds is 3. The van der Waals surface area contributed by atoms with Crippen molar-refractivity contribution < 1.29 is 0 Å². The summed E-state index contributed by atoms with van der Waals surface area (Å²) in [4.78, 5) is 22.5. The third-order valence-electron chi connectivity index (χ3n) is 2.31. The summed E-state index contributed by atoms with van der Waals surface area (Å²) in [6.07, 6.45) is 1.77. The Hall–Kier alpha value is -1.62. The molecule has 0 aliphatic rings. The quantitative estimate of drug-likeness (QED) is 0.666. The molecule has 0 amide bonds. The molecule has 17 heavy (non-hydrogen) atoms. The van der Waals surface area contributed by atoms with E-state index in [0.717, 1.165) is 17.0 Å². The van der Waals surface area contributed by atoms with Crippen molar-refractivity contribution in [2.75, 3.05) is 0 Å². The van der Waals surface area contributed by atoms with Gasteiger partial charge in [-0.1, -0.05) is 17.8 Å². The van der Waals surface area contributed by atoms with E-state index in [-0.39, 0.29) is 5.56 Å². The Bertz CT molecular complexity index is 580. The largest absolute Gasteiger partial charge is 0.301 e. The lowest BCUT2D eigenvalue weighted by molar-refractivity contribution is 0.904. The maximum atomic E-state index is 11.3. The highest BCUT2D eigenvalue weighted by molar-refractivity contribution is 7.98. The number of thioether (sulfide) groups is 1. The molecule has 1 N–H and O–H groups in total. The van der Waals surface area contributed by atoms with E-state index in [9.17, 15) is 4.79 Å². The molecule has 0 saturated heterocycles. The Morgan fingerprint density at radius 3 is 2.94 bits per heavy atom. The number of nitrogens with zero attached hydrogens (tertiary/aromatic N) is 2. The first-order chi connectivity index (χ1) is 8.15. The average Bonchev–Trinajstić information content (AvgIpc) is 2.27. The van der Waals surface area contributed by atoms with Crippen molar-refractivity contribution in [1.82, 2.24) is 15.0 Å². The third kappa shape index (κ3) is 3.17. The molecule has 2 aromatic rings. The molecule has 0 aliphatic heterocycles. The smallest absolute Gasteiger partial charge is 0.251 e. The number of nitrogens with one attached hydrogen (secondary N) is 1. The summed E-state index contributed by atoms with van der Waals surface area (Å²) in [5, 5.41) is 0.639. The first kappa shape index (κ1) is 11.9. The Morgan fingerprint density at radius 2 is 2.24 bits per heavy atom. The van der Waals surface area contributed by atoms with E-state index < -0.39 is 0 Å². The van der Waals surface area contributed by atoms with Gasteiger partial charge in [0.1, 0.15) is 0 Å². The van der Waals surface area contributed by atoms with Crippen LogP contribution in [0.3, 0.4) is 0 Å². The fraction of sp³-hybridized carbons (Fsp3) is 0.250. The van der Waals surface area contributed by atoms with Crippen molar-refractivity contribution in [3.05, 3.63) is 51.7 Å². The van der Waals surface area contributed by atoms with Crippen LogP contribution < -0.4 is 5.56 Å². The fourth-order valence-electron chi connectivity index (χ4n) is 1.43. The lowest BCUT2D eigenvalue weighted by Gasteiger charge is -2.03. The number of aromatic amines is 1. The molecule has 2 heterocycles. The standard InChI is InChI=1S/C12H13N3OS/c1-8-4-3-5-13-10(8)7-17-12-14-9(2)6-11(16)15-12/h3-6H,7H2,1-2H3,(H,14,15,16). The van der Waals surface area contributed by atoms with Crippen LogP contribution in [0.2, 0.25) is 0 Å². The zero-order valence-corrected chi connectivity index (χ0v) is 10.5. The van der Waals surface area contributed by atoms with Gasteiger partial charge in [-0.05, 0) is 25.5 Å². The van der Waals surface area contributed by atoms with Crippen molar-refractivity contribution in [2.24, 2.45) is 0 Å². The topological polar surface area (TPSA) is 58.6 Å². The maximum absolute atomic E-state index is 11.3. The highest BCUT2D eigenvalue weighted by Crippen LogP contribution is 2.18. The van der Waals surface area contributed by atoms with Gasteiger partial charge in [-0.15, -0.1) is 0 Å². The number of aromatic nitrogens is 3. The van der Waals surface area contributed by atoms with Crippen LogP contribution in [0.1, 0.15) is 17.0 Å². The van der Waals surface area contributed by atoms with Gasteiger partial charge in [0.15, 0.2) is 5.16 Å². The zero-order chi connectivity index (χ0) is 12.3. The summed E-state index contributed by atoms with van der Waals surface area (Å²) in [7, 11) is 0. The molecular weight excluding hydrogens is 234 g/mol. The number of H-pyrrole nitrogens is 1. The minimum atomic E-state index is -0.113. The van der Waals surface area contributed by atoms with Gasteiger partial charge in [-0.2, -0.15) is 0 Å². The van der Waals surface area contributed by atoms with E-state index in [0.29, 0.717) is 10.9 Å². The van der Waals surface area contributed by atoms with Crippen molar-refractivity contribution in [3.8, 4) is 0 Å². The molecule has 5 heteroatoms. The van der Waals surface area contributed by atoms with Gasteiger partial charge in [0.25, 0.3) is 5.56 Å². The highest BCUT2D eigenvalue weighted by Gasteiger charge is 2.03. The molecular formula is C12H13N3OS. The summed E-state index contributed by atoms with van der Waals surface area (Å²) in [5.74, 6) is 0.707. The predicted octanol–water partition coefficient (Wildman–Crippen LogP) is 2.07. The number of hydrogen-bond acceptors (Lipinski definition) is 4. The van der Waals surface area contributed by atoms with E-state index in [1.165, 1.54) is 17.8 Å². The Morgan fingerprint density at radius 1 is 1.41 bits per heavy atom. The summed E-state index contributed by atoms with van der Waals surface area (Å²) in [6.45, 7) is 3.83. The van der Waals surface area contributed by atoms with Crippen LogP contribution in [0.5, 0.6) is 0 Å². The number of aryl methyl sites for hydroxylation is 2. The number of pyridine rings is 1. The third-order valence-corrected chi connectivity index (χ3v) is 3.20. The van der Waals surface area contributed by atoms with Crippen molar-refractivity contribution in [2.45, 2.75) is 24.8 Å². The molecule has 0 radical (unpaired) electrons. The van der Waals surface area contributed by atoms with Gasteiger partial charge in [-0.25, -0.2) is 4.98 Å². The van der Waals surface area contributed by atoms with Crippen molar-refractivity contribution >= 4 is 11.8 Å². The van der Waals surface area contributed by atoms with Crippen LogP contribution in [0.4, 0.5) is 0 Å². The molecule has 0 saturated carbocycles. The van der Waals surface area contributed by atoms with E-state index in [1.807, 2.05) is 26.0 Å². The minimum absolute atomic E-state index is 0.113. The molecule has 0 fully saturated rings. The average molecular weight is 247 g/mol. The Labute approximate surface area is 104 Å². The lowest BCUT2D eigenvalue weighted by Crippen LogP contribution is -2.08. The summed E-state index contributed by atoms with van der Waals surface area (Å²) in [5.41, 5.74) is 2.78. The van der Waals surface area contributed by atoms with E-state index in [1.54, 1.807) is 6.20 Å². The fourth-order valence-corrected chi connectivity index (χ4v) is 2.38. The molecule has 4 nitrogen and oxygen atoms in total. The van der Waals surface area contributed by atoms with E-state index in [2.05, 4.69) is 15.0 Å².